The first-order valence-corrected chi connectivity index (χ1v) is 8.18. The van der Waals surface area contributed by atoms with E-state index in [-0.39, 0.29) is 23.6 Å². The highest BCUT2D eigenvalue weighted by molar-refractivity contribution is 6.29. The molecule has 7 heteroatoms. The van der Waals surface area contributed by atoms with E-state index in [0.29, 0.717) is 11.3 Å². The minimum atomic E-state index is 0.0587. The van der Waals surface area contributed by atoms with Crippen LogP contribution in [0.2, 0.25) is 5.22 Å². The summed E-state index contributed by atoms with van der Waals surface area (Å²) in [5.41, 5.74) is 4.64. The number of hydrogen-bond acceptors (Lipinski definition) is 4. The number of rotatable bonds is 3. The van der Waals surface area contributed by atoms with Crippen LogP contribution in [0, 0.1) is 20.8 Å². The summed E-state index contributed by atoms with van der Waals surface area (Å²) in [6.45, 7) is 6.62. The van der Waals surface area contributed by atoms with Gasteiger partial charge in [0.1, 0.15) is 0 Å². The van der Waals surface area contributed by atoms with Crippen molar-refractivity contribution >= 4 is 17.5 Å². The molecule has 1 aliphatic heterocycles. The number of halogens is 1. The molecule has 1 amide bonds. The fraction of sp³-hybridized carbons (Fsp3) is 0.562. The Hall–Kier alpha value is -1.82. The van der Waals surface area contributed by atoms with Gasteiger partial charge in [-0.3, -0.25) is 9.48 Å². The van der Waals surface area contributed by atoms with Crippen molar-refractivity contribution in [2.24, 2.45) is 7.05 Å². The summed E-state index contributed by atoms with van der Waals surface area (Å²) in [5, 5.41) is 8.51. The third kappa shape index (κ3) is 2.76. The normalized spacial score (nSPS) is 18.0. The van der Waals surface area contributed by atoms with E-state index in [4.69, 9.17) is 16.1 Å². The molecule has 2 aromatic rings. The van der Waals surface area contributed by atoms with Crippen molar-refractivity contribution in [1.29, 1.82) is 0 Å². The van der Waals surface area contributed by atoms with E-state index in [9.17, 15) is 4.79 Å². The maximum absolute atomic E-state index is 12.8. The van der Waals surface area contributed by atoms with Crippen LogP contribution in [0.15, 0.2) is 4.52 Å². The highest BCUT2D eigenvalue weighted by Gasteiger charge is 2.34. The van der Waals surface area contributed by atoms with Gasteiger partial charge in [-0.15, -0.1) is 0 Å². The molecule has 3 heterocycles. The van der Waals surface area contributed by atoms with Gasteiger partial charge in [-0.1, -0.05) is 5.16 Å². The Bertz CT molecular complexity index is 730. The maximum atomic E-state index is 12.8. The van der Waals surface area contributed by atoms with Crippen molar-refractivity contribution in [3.63, 3.8) is 0 Å². The second-order valence-electron chi connectivity index (χ2n) is 6.15. The molecule has 0 bridgehead atoms. The van der Waals surface area contributed by atoms with Crippen molar-refractivity contribution in [2.45, 2.75) is 46.1 Å². The maximum Gasteiger partial charge on any atom is 0.229 e. The van der Waals surface area contributed by atoms with E-state index in [0.717, 1.165) is 30.8 Å². The van der Waals surface area contributed by atoms with Gasteiger partial charge in [0.25, 0.3) is 0 Å². The van der Waals surface area contributed by atoms with Gasteiger partial charge in [-0.05, 0) is 45.2 Å². The topological polar surface area (TPSA) is 64.2 Å². The summed E-state index contributed by atoms with van der Waals surface area (Å²) in [7, 11) is 1.94. The van der Waals surface area contributed by atoms with Crippen molar-refractivity contribution in [1.82, 2.24) is 19.8 Å². The molecule has 6 nitrogen and oxygen atoms in total. The molecular formula is C16H21ClN4O2. The van der Waals surface area contributed by atoms with E-state index in [1.165, 1.54) is 5.56 Å². The van der Waals surface area contributed by atoms with Crippen LogP contribution in [0.3, 0.4) is 0 Å². The largest absolute Gasteiger partial charge is 0.344 e. The van der Waals surface area contributed by atoms with Crippen LogP contribution in [0.4, 0.5) is 0 Å². The van der Waals surface area contributed by atoms with Gasteiger partial charge in [0.2, 0.25) is 11.1 Å². The molecule has 1 aliphatic rings. The fourth-order valence-electron chi connectivity index (χ4n) is 3.45. The molecule has 1 fully saturated rings. The van der Waals surface area contributed by atoms with Gasteiger partial charge in [0.15, 0.2) is 0 Å². The van der Waals surface area contributed by atoms with Crippen molar-refractivity contribution in [3.05, 3.63) is 33.4 Å². The highest BCUT2D eigenvalue weighted by atomic mass is 35.5. The van der Waals surface area contributed by atoms with E-state index in [2.05, 4.69) is 17.2 Å². The Morgan fingerprint density at radius 3 is 2.65 bits per heavy atom. The molecule has 3 rings (SSSR count). The van der Waals surface area contributed by atoms with Crippen LogP contribution < -0.4 is 0 Å². The lowest BCUT2D eigenvalue weighted by Gasteiger charge is -2.25. The van der Waals surface area contributed by atoms with Gasteiger partial charge < -0.3 is 9.42 Å². The van der Waals surface area contributed by atoms with Crippen molar-refractivity contribution in [3.8, 4) is 0 Å². The smallest absolute Gasteiger partial charge is 0.229 e. The molecule has 0 spiro atoms. The lowest BCUT2D eigenvalue weighted by atomic mass is 10.0. The molecule has 23 heavy (non-hydrogen) atoms. The first kappa shape index (κ1) is 16.1. The fourth-order valence-corrected chi connectivity index (χ4v) is 3.69. The van der Waals surface area contributed by atoms with Crippen LogP contribution in [-0.2, 0) is 18.3 Å². The summed E-state index contributed by atoms with van der Waals surface area (Å²) < 4.78 is 6.82. The average molecular weight is 337 g/mol. The number of carbonyl (C=O) groups excluding carboxylic acids is 1. The SMILES string of the molecule is Cc1noc(Cl)c1CC(=O)N1CCCC1c1c(C)nn(C)c1C. The molecule has 2 aromatic heterocycles. The average Bonchev–Trinajstić information content (AvgIpc) is 3.15. The zero-order chi connectivity index (χ0) is 16.7. The molecule has 0 N–H and O–H groups in total. The van der Waals surface area contributed by atoms with Gasteiger partial charge >= 0.3 is 0 Å². The predicted molar refractivity (Wildman–Crippen MR) is 86.3 cm³/mol. The summed E-state index contributed by atoms with van der Waals surface area (Å²) in [5.74, 6) is 0.0587. The molecular weight excluding hydrogens is 316 g/mol. The quantitative estimate of drug-likeness (QED) is 0.864. The standard InChI is InChI=1S/C16H21ClN4O2/c1-9-12(16(17)23-19-9)8-14(22)21-7-5-6-13(21)15-10(2)18-20(4)11(15)3/h13H,5-8H2,1-4H3. The van der Waals surface area contributed by atoms with E-state index >= 15 is 0 Å². The Labute approximate surface area is 140 Å². The first-order chi connectivity index (χ1) is 10.9. The summed E-state index contributed by atoms with van der Waals surface area (Å²) in [6.07, 6.45) is 2.19. The van der Waals surface area contributed by atoms with E-state index in [1.54, 1.807) is 6.92 Å². The summed E-state index contributed by atoms with van der Waals surface area (Å²) in [4.78, 5) is 14.7. The van der Waals surface area contributed by atoms with Gasteiger partial charge in [0, 0.05) is 30.4 Å². The van der Waals surface area contributed by atoms with Gasteiger partial charge in [0.05, 0.1) is 23.9 Å². The molecule has 124 valence electrons. The summed E-state index contributed by atoms with van der Waals surface area (Å²) in [6, 6.07) is 0.0927. The Balaban J connectivity index is 1.85. The molecule has 0 radical (unpaired) electrons. The summed E-state index contributed by atoms with van der Waals surface area (Å²) >= 11 is 5.99. The van der Waals surface area contributed by atoms with Gasteiger partial charge in [-0.2, -0.15) is 5.10 Å². The van der Waals surface area contributed by atoms with Crippen LogP contribution in [-0.4, -0.2) is 32.3 Å². The third-order valence-corrected chi connectivity index (χ3v) is 5.03. The van der Waals surface area contributed by atoms with Crippen LogP contribution in [0.1, 0.15) is 47.1 Å². The Morgan fingerprint density at radius 2 is 2.09 bits per heavy atom. The van der Waals surface area contributed by atoms with Crippen LogP contribution in [0.5, 0.6) is 0 Å². The van der Waals surface area contributed by atoms with Gasteiger partial charge in [-0.25, -0.2) is 0 Å². The molecule has 0 saturated carbocycles. The minimum Gasteiger partial charge on any atom is -0.344 e. The number of nitrogens with zero attached hydrogens (tertiary/aromatic N) is 4. The first-order valence-electron chi connectivity index (χ1n) is 7.80. The number of aromatic nitrogens is 3. The van der Waals surface area contributed by atoms with Crippen molar-refractivity contribution < 1.29 is 9.32 Å². The molecule has 0 aromatic carbocycles. The second-order valence-corrected chi connectivity index (χ2v) is 6.49. The predicted octanol–water partition coefficient (Wildman–Crippen LogP) is 2.89. The van der Waals surface area contributed by atoms with E-state index < -0.39 is 0 Å². The third-order valence-electron chi connectivity index (χ3n) is 4.74. The van der Waals surface area contributed by atoms with E-state index in [1.807, 2.05) is 23.6 Å². The van der Waals surface area contributed by atoms with Crippen molar-refractivity contribution in [2.75, 3.05) is 6.54 Å². The highest BCUT2D eigenvalue weighted by Crippen LogP contribution is 2.36. The number of hydrogen-bond donors (Lipinski definition) is 0. The molecule has 1 saturated heterocycles. The Morgan fingerprint density at radius 1 is 1.35 bits per heavy atom. The lowest BCUT2D eigenvalue weighted by Crippen LogP contribution is -2.32. The zero-order valence-corrected chi connectivity index (χ0v) is 14.6. The second kappa shape index (κ2) is 6.00. The zero-order valence-electron chi connectivity index (χ0n) is 13.9. The van der Waals surface area contributed by atoms with Crippen LogP contribution >= 0.6 is 11.6 Å². The molecule has 0 aliphatic carbocycles. The number of likely N-dealkylation sites (tertiary alicyclic amines) is 1. The Kier molecular flexibility index (Phi) is 4.19. The molecule has 1 unspecified atom stereocenters. The number of aryl methyl sites for hydroxylation is 3. The lowest BCUT2D eigenvalue weighted by molar-refractivity contribution is -0.131. The monoisotopic (exact) mass is 336 g/mol. The minimum absolute atomic E-state index is 0.0587. The number of carbonyl (C=O) groups is 1. The molecule has 1 atom stereocenters. The number of amides is 1. The van der Waals surface area contributed by atoms with Crippen LogP contribution in [0.25, 0.3) is 0 Å².